The van der Waals surface area contributed by atoms with Gasteiger partial charge in [-0.3, -0.25) is 19.7 Å². The van der Waals surface area contributed by atoms with Gasteiger partial charge in [-0.1, -0.05) is 49.2 Å². The molecule has 242 valence electrons. The van der Waals surface area contributed by atoms with Crippen molar-refractivity contribution in [3.05, 3.63) is 88.5 Å². The van der Waals surface area contributed by atoms with E-state index in [4.69, 9.17) is 4.74 Å². The summed E-state index contributed by atoms with van der Waals surface area (Å²) in [6, 6.07) is 15.9. The van der Waals surface area contributed by atoms with E-state index in [2.05, 4.69) is 11.5 Å². The molecule has 5 rings (SSSR count). The average molecular weight is 618 g/mol. The van der Waals surface area contributed by atoms with Gasteiger partial charge >= 0.3 is 5.97 Å². The molecular formula is C36H47N3O6. The molecule has 1 aliphatic carbocycles. The van der Waals surface area contributed by atoms with Crippen molar-refractivity contribution < 1.29 is 24.4 Å². The molecule has 0 aromatic heterocycles. The molecule has 2 aromatic rings. The second-order valence-electron chi connectivity index (χ2n) is 13.3. The van der Waals surface area contributed by atoms with E-state index >= 15 is 0 Å². The first-order chi connectivity index (χ1) is 21.8. The Kier molecular flexibility index (Phi) is 11.0. The van der Waals surface area contributed by atoms with Gasteiger partial charge in [0.25, 0.3) is 5.69 Å². The highest BCUT2D eigenvalue weighted by molar-refractivity contribution is 5.79. The van der Waals surface area contributed by atoms with Crippen LogP contribution in [0.1, 0.15) is 68.9 Å². The Morgan fingerprint density at radius 1 is 1.07 bits per heavy atom. The fourth-order valence-corrected chi connectivity index (χ4v) is 7.49. The molecule has 0 spiro atoms. The third-order valence-electron chi connectivity index (χ3n) is 10.3. The lowest BCUT2D eigenvalue weighted by molar-refractivity contribution is -0.384. The smallest absolute Gasteiger partial charge is 0.309 e. The molecule has 1 saturated carbocycles. The van der Waals surface area contributed by atoms with Gasteiger partial charge in [0.1, 0.15) is 12.2 Å². The molecule has 9 nitrogen and oxygen atoms in total. The topological polar surface area (TPSA) is 113 Å². The molecule has 2 heterocycles. The summed E-state index contributed by atoms with van der Waals surface area (Å²) >= 11 is 0. The van der Waals surface area contributed by atoms with Crippen molar-refractivity contribution in [3.8, 4) is 0 Å². The van der Waals surface area contributed by atoms with Crippen LogP contribution in [0.4, 0.5) is 5.69 Å². The van der Waals surface area contributed by atoms with E-state index in [0.717, 1.165) is 76.6 Å². The summed E-state index contributed by atoms with van der Waals surface area (Å²) in [5, 5.41) is 22.9. The highest BCUT2D eigenvalue weighted by atomic mass is 16.6. The largest absolute Gasteiger partial charge is 0.461 e. The molecule has 3 aliphatic rings. The molecule has 45 heavy (non-hydrogen) atoms. The van der Waals surface area contributed by atoms with Gasteiger partial charge in [-0.25, -0.2) is 0 Å². The van der Waals surface area contributed by atoms with Crippen molar-refractivity contribution in [1.82, 2.24) is 9.80 Å². The number of hydrogen-bond donors (Lipinski definition) is 1. The van der Waals surface area contributed by atoms with Gasteiger partial charge in [0, 0.05) is 37.1 Å². The zero-order chi connectivity index (χ0) is 31.8. The van der Waals surface area contributed by atoms with Gasteiger partial charge < -0.3 is 19.6 Å². The van der Waals surface area contributed by atoms with Crippen molar-refractivity contribution in [1.29, 1.82) is 0 Å². The van der Waals surface area contributed by atoms with Gasteiger partial charge in [-0.05, 0) is 87.2 Å². The molecule has 9 heteroatoms. The van der Waals surface area contributed by atoms with Crippen LogP contribution in [0.15, 0.2) is 67.3 Å². The van der Waals surface area contributed by atoms with Crippen LogP contribution in [-0.2, 0) is 26.5 Å². The Labute approximate surface area is 266 Å². The maximum absolute atomic E-state index is 13.4. The second-order valence-corrected chi connectivity index (χ2v) is 13.3. The summed E-state index contributed by atoms with van der Waals surface area (Å²) in [4.78, 5) is 41.1. The molecular weight excluding hydrogens is 570 g/mol. The minimum atomic E-state index is -1.06. The van der Waals surface area contributed by atoms with Crippen LogP contribution < -0.4 is 0 Å². The summed E-state index contributed by atoms with van der Waals surface area (Å²) < 4.78 is 5.57. The minimum absolute atomic E-state index is 0.00664. The number of allylic oxidation sites excluding steroid dienone is 1. The highest BCUT2D eigenvalue weighted by Gasteiger charge is 2.49. The zero-order valence-electron chi connectivity index (χ0n) is 26.2. The summed E-state index contributed by atoms with van der Waals surface area (Å²) in [7, 11) is 0. The number of carbonyl (C=O) groups is 2. The molecule has 0 radical (unpaired) electrons. The van der Waals surface area contributed by atoms with Crippen molar-refractivity contribution in [2.75, 3.05) is 32.7 Å². The number of amides is 1. The molecule has 1 amide bonds. The lowest BCUT2D eigenvalue weighted by atomic mass is 9.82. The Balaban J connectivity index is 1.11. The van der Waals surface area contributed by atoms with Crippen LogP contribution in [0.25, 0.3) is 0 Å². The summed E-state index contributed by atoms with van der Waals surface area (Å²) in [5.74, 6) is 0.245. The summed E-state index contributed by atoms with van der Waals surface area (Å²) in [6.07, 6.45) is 10.2. The van der Waals surface area contributed by atoms with E-state index in [1.165, 1.54) is 12.1 Å². The summed E-state index contributed by atoms with van der Waals surface area (Å²) in [6.45, 7) is 7.48. The molecule has 2 aromatic carbocycles. The quantitative estimate of drug-likeness (QED) is 0.130. The maximum Gasteiger partial charge on any atom is 0.309 e. The number of rotatable bonds is 13. The zero-order valence-corrected chi connectivity index (χ0v) is 26.2. The second kappa shape index (κ2) is 15.1. The van der Waals surface area contributed by atoms with Crippen LogP contribution in [0, 0.1) is 33.8 Å². The number of nitrogens with zero attached hydrogens (tertiary/aromatic N) is 3. The van der Waals surface area contributed by atoms with E-state index in [1.54, 1.807) is 18.2 Å². The molecule has 2 aliphatic heterocycles. The molecule has 3 unspecified atom stereocenters. The van der Waals surface area contributed by atoms with Gasteiger partial charge in [-0.2, -0.15) is 0 Å². The first-order valence-electron chi connectivity index (χ1n) is 16.6. The predicted octanol–water partition coefficient (Wildman–Crippen LogP) is 5.86. The normalized spacial score (nSPS) is 23.6. The SMILES string of the molecule is C=CCC(CCC1CCN(CC2CN(C(=O)C3CCCC3)CC2(O)c2ccccc2)CC1)C(=O)OCc1ccc([N+](=O)[O-])cc1. The van der Waals surface area contributed by atoms with Crippen LogP contribution in [0.3, 0.4) is 0 Å². The van der Waals surface area contributed by atoms with E-state index in [-0.39, 0.29) is 41.9 Å². The lowest BCUT2D eigenvalue weighted by Crippen LogP contribution is -2.44. The number of benzene rings is 2. The van der Waals surface area contributed by atoms with Crippen molar-refractivity contribution in [2.24, 2.45) is 23.7 Å². The van der Waals surface area contributed by atoms with Gasteiger partial charge in [0.2, 0.25) is 5.91 Å². The van der Waals surface area contributed by atoms with Gasteiger partial charge in [-0.15, -0.1) is 6.58 Å². The van der Waals surface area contributed by atoms with Gasteiger partial charge in [0.05, 0.1) is 17.4 Å². The third-order valence-corrected chi connectivity index (χ3v) is 10.3. The molecule has 3 fully saturated rings. The number of esters is 1. The number of hydrogen-bond acceptors (Lipinski definition) is 7. The first-order valence-corrected chi connectivity index (χ1v) is 16.6. The number of likely N-dealkylation sites (tertiary alicyclic amines) is 2. The van der Waals surface area contributed by atoms with Crippen molar-refractivity contribution >= 4 is 17.6 Å². The number of carbonyl (C=O) groups excluding carboxylic acids is 2. The predicted molar refractivity (Wildman–Crippen MR) is 172 cm³/mol. The van der Waals surface area contributed by atoms with Crippen LogP contribution in [-0.4, -0.2) is 64.4 Å². The van der Waals surface area contributed by atoms with E-state index in [9.17, 15) is 24.8 Å². The number of nitro benzene ring substituents is 1. The summed E-state index contributed by atoms with van der Waals surface area (Å²) in [5.41, 5.74) is 0.553. The van der Waals surface area contributed by atoms with E-state index in [0.29, 0.717) is 31.0 Å². The highest BCUT2D eigenvalue weighted by Crippen LogP contribution is 2.40. The molecule has 3 atom stereocenters. The first kappa shape index (κ1) is 32.8. The van der Waals surface area contributed by atoms with Gasteiger partial charge in [0.15, 0.2) is 0 Å². The minimum Gasteiger partial charge on any atom is -0.461 e. The van der Waals surface area contributed by atoms with E-state index in [1.807, 2.05) is 35.2 Å². The number of ether oxygens (including phenoxy) is 1. The van der Waals surface area contributed by atoms with E-state index < -0.39 is 10.5 Å². The number of non-ortho nitro benzene ring substituents is 1. The number of β-amino-alcohol motifs (C(OH)–C–C–N with tert-alkyl or cyclic N) is 1. The van der Waals surface area contributed by atoms with Crippen molar-refractivity contribution in [3.63, 3.8) is 0 Å². The fourth-order valence-electron chi connectivity index (χ4n) is 7.49. The molecule has 1 N–H and O–H groups in total. The van der Waals surface area contributed by atoms with Crippen LogP contribution >= 0.6 is 0 Å². The third kappa shape index (κ3) is 8.19. The Morgan fingerprint density at radius 3 is 2.40 bits per heavy atom. The Morgan fingerprint density at radius 2 is 1.76 bits per heavy atom. The maximum atomic E-state index is 13.4. The van der Waals surface area contributed by atoms with Crippen LogP contribution in [0.5, 0.6) is 0 Å². The Bertz CT molecular complexity index is 1300. The standard InChI is InChI=1S/C36H47N3O6/c1-2-8-30(35(41)45-25-28-14-17-33(18-15-28)39(43)44)16-13-27-19-21-37(22-20-27)23-32-24-38(34(40)29-9-6-7-10-29)26-36(32,42)31-11-4-3-5-12-31/h2-5,11-12,14-15,17-18,27,29-30,32,42H,1,6-10,13,16,19-26H2. The van der Waals surface area contributed by atoms with Crippen LogP contribution in [0.2, 0.25) is 0 Å². The Hall–Kier alpha value is -3.56. The number of nitro groups is 1. The number of aliphatic hydroxyl groups is 1. The average Bonchev–Trinajstić information content (AvgIpc) is 3.72. The molecule has 2 saturated heterocycles. The molecule has 0 bridgehead atoms. The lowest BCUT2D eigenvalue weighted by Gasteiger charge is -2.37. The number of piperidine rings is 1. The van der Waals surface area contributed by atoms with Crippen molar-refractivity contribution in [2.45, 2.75) is 70.0 Å². The monoisotopic (exact) mass is 617 g/mol. The fraction of sp³-hybridized carbons (Fsp3) is 0.556.